The first kappa shape index (κ1) is 24.9. The maximum absolute atomic E-state index is 13.3. The van der Waals surface area contributed by atoms with E-state index in [1.165, 1.54) is 6.07 Å². The summed E-state index contributed by atoms with van der Waals surface area (Å²) >= 11 is 0. The van der Waals surface area contributed by atoms with Gasteiger partial charge >= 0.3 is 0 Å². The Balaban J connectivity index is 0.00000392. The molecule has 1 fully saturated rings. The number of nitrogens with zero attached hydrogens (tertiary/aromatic N) is 3. The number of nitrogens with one attached hydrogen (secondary N) is 2. The number of ether oxygens (including phenoxy) is 1. The fourth-order valence-corrected chi connectivity index (χ4v) is 3.02. The molecule has 2 rings (SSSR count). The smallest absolute Gasteiger partial charge is 0.191 e. The monoisotopic (exact) mass is 507 g/mol. The van der Waals surface area contributed by atoms with Crippen LogP contribution in [0, 0.1) is 5.82 Å². The molecule has 1 aromatic carbocycles. The predicted molar refractivity (Wildman–Crippen MR) is 126 cm³/mol. The first-order valence-corrected chi connectivity index (χ1v) is 9.98. The molecular weight excluding hydrogens is 472 g/mol. The molecule has 0 spiro atoms. The summed E-state index contributed by atoms with van der Waals surface area (Å²) in [5.74, 6) is 0.668. The van der Waals surface area contributed by atoms with Crippen LogP contribution in [0.1, 0.15) is 19.8 Å². The lowest BCUT2D eigenvalue weighted by Gasteiger charge is -2.26. The number of aliphatic imine (C=N–C) groups is 1. The zero-order valence-corrected chi connectivity index (χ0v) is 19.5. The number of guanidine groups is 1. The van der Waals surface area contributed by atoms with Crippen LogP contribution < -0.4 is 15.5 Å². The highest BCUT2D eigenvalue weighted by Crippen LogP contribution is 2.13. The van der Waals surface area contributed by atoms with Crippen LogP contribution in [0.15, 0.2) is 29.3 Å². The van der Waals surface area contributed by atoms with Gasteiger partial charge in [-0.2, -0.15) is 0 Å². The van der Waals surface area contributed by atoms with Gasteiger partial charge in [0, 0.05) is 52.0 Å². The minimum atomic E-state index is -0.201. The minimum absolute atomic E-state index is 0. The highest BCUT2D eigenvalue weighted by atomic mass is 127. The van der Waals surface area contributed by atoms with E-state index in [4.69, 9.17) is 4.74 Å². The van der Waals surface area contributed by atoms with Gasteiger partial charge in [0.25, 0.3) is 0 Å². The van der Waals surface area contributed by atoms with Crippen molar-refractivity contribution in [1.29, 1.82) is 0 Å². The lowest BCUT2D eigenvalue weighted by Crippen LogP contribution is -2.40. The summed E-state index contributed by atoms with van der Waals surface area (Å²) < 4.78 is 18.7. The molecule has 0 radical (unpaired) electrons. The topological polar surface area (TPSA) is 52.1 Å². The molecule has 1 aliphatic rings. The summed E-state index contributed by atoms with van der Waals surface area (Å²) in [6, 6.07) is 6.69. The molecule has 0 aliphatic carbocycles. The van der Waals surface area contributed by atoms with E-state index in [0.717, 1.165) is 83.5 Å². The van der Waals surface area contributed by atoms with Crippen LogP contribution in [0.25, 0.3) is 0 Å². The summed E-state index contributed by atoms with van der Waals surface area (Å²) in [7, 11) is 1.98. The van der Waals surface area contributed by atoms with Crippen molar-refractivity contribution < 1.29 is 9.13 Å². The Hall–Kier alpha value is -1.13. The number of benzene rings is 1. The molecule has 1 heterocycles. The van der Waals surface area contributed by atoms with Crippen molar-refractivity contribution in [2.45, 2.75) is 19.8 Å². The maximum Gasteiger partial charge on any atom is 0.191 e. The van der Waals surface area contributed by atoms with Crippen LogP contribution >= 0.6 is 24.0 Å². The molecule has 2 N–H and O–H groups in total. The SMILES string of the molecule is CCNC(=NCCCN(C)c1cccc(F)c1)NCCCN1CCOCC1.I. The molecular formula is C20H35FIN5O. The van der Waals surface area contributed by atoms with Crippen molar-refractivity contribution in [3.63, 3.8) is 0 Å². The molecule has 0 unspecified atom stereocenters. The number of rotatable bonds is 10. The van der Waals surface area contributed by atoms with Crippen molar-refractivity contribution in [3.05, 3.63) is 30.1 Å². The van der Waals surface area contributed by atoms with Gasteiger partial charge in [0.1, 0.15) is 5.82 Å². The quantitative estimate of drug-likeness (QED) is 0.221. The molecule has 0 bridgehead atoms. The van der Waals surface area contributed by atoms with Crippen molar-refractivity contribution in [1.82, 2.24) is 15.5 Å². The Labute approximate surface area is 185 Å². The van der Waals surface area contributed by atoms with E-state index in [1.807, 2.05) is 13.1 Å². The van der Waals surface area contributed by atoms with Crippen molar-refractivity contribution in [2.75, 3.05) is 71.0 Å². The number of halogens is 2. The van der Waals surface area contributed by atoms with E-state index in [9.17, 15) is 4.39 Å². The third-order valence-corrected chi connectivity index (χ3v) is 4.56. The molecule has 0 saturated carbocycles. The first-order valence-electron chi connectivity index (χ1n) is 9.98. The molecule has 8 heteroatoms. The average Bonchev–Trinajstić information content (AvgIpc) is 2.69. The van der Waals surface area contributed by atoms with Crippen molar-refractivity contribution in [2.24, 2.45) is 4.99 Å². The van der Waals surface area contributed by atoms with Gasteiger partial charge in [-0.15, -0.1) is 24.0 Å². The second kappa shape index (κ2) is 14.8. The molecule has 28 heavy (non-hydrogen) atoms. The Kier molecular flexibility index (Phi) is 13.2. The van der Waals surface area contributed by atoms with E-state index in [0.29, 0.717) is 0 Å². The zero-order chi connectivity index (χ0) is 19.3. The Morgan fingerprint density at radius 3 is 2.75 bits per heavy atom. The second-order valence-electron chi connectivity index (χ2n) is 6.75. The lowest BCUT2D eigenvalue weighted by molar-refractivity contribution is 0.0376. The van der Waals surface area contributed by atoms with E-state index >= 15 is 0 Å². The summed E-state index contributed by atoms with van der Waals surface area (Å²) in [4.78, 5) is 9.14. The molecule has 1 aromatic rings. The number of morpholine rings is 1. The summed E-state index contributed by atoms with van der Waals surface area (Å²) in [5, 5.41) is 6.70. The molecule has 1 aliphatic heterocycles. The van der Waals surface area contributed by atoms with Crippen LogP contribution in [-0.2, 0) is 4.74 Å². The van der Waals surface area contributed by atoms with Gasteiger partial charge in [-0.3, -0.25) is 9.89 Å². The summed E-state index contributed by atoms with van der Waals surface area (Å²) in [6.45, 7) is 10.3. The van der Waals surface area contributed by atoms with Crippen LogP contribution in [0.4, 0.5) is 10.1 Å². The van der Waals surface area contributed by atoms with Crippen LogP contribution in [0.5, 0.6) is 0 Å². The number of anilines is 1. The van der Waals surface area contributed by atoms with Gasteiger partial charge < -0.3 is 20.3 Å². The highest BCUT2D eigenvalue weighted by molar-refractivity contribution is 14.0. The van der Waals surface area contributed by atoms with E-state index < -0.39 is 0 Å². The fourth-order valence-electron chi connectivity index (χ4n) is 3.02. The molecule has 0 aromatic heterocycles. The van der Waals surface area contributed by atoms with Gasteiger partial charge in [-0.05, 0) is 44.5 Å². The third-order valence-electron chi connectivity index (χ3n) is 4.56. The summed E-state index contributed by atoms with van der Waals surface area (Å²) in [5.41, 5.74) is 0.895. The predicted octanol–water partition coefficient (Wildman–Crippen LogP) is 2.55. The molecule has 0 amide bonds. The highest BCUT2D eigenvalue weighted by Gasteiger charge is 2.09. The second-order valence-corrected chi connectivity index (χ2v) is 6.75. The minimum Gasteiger partial charge on any atom is -0.379 e. The molecule has 1 saturated heterocycles. The first-order chi connectivity index (χ1) is 13.2. The van der Waals surface area contributed by atoms with E-state index in [-0.39, 0.29) is 29.8 Å². The Bertz CT molecular complexity index is 569. The normalized spacial score (nSPS) is 15.0. The molecule has 160 valence electrons. The van der Waals surface area contributed by atoms with Gasteiger partial charge in [-0.1, -0.05) is 6.07 Å². The van der Waals surface area contributed by atoms with Gasteiger partial charge in [-0.25, -0.2) is 4.39 Å². The standard InChI is InChI=1S/C20H34FN5O.HI/c1-3-22-20(24-10-6-12-26-13-15-27-16-14-26)23-9-5-11-25(2)19-8-4-7-18(21)17-19;/h4,7-8,17H,3,5-6,9-16H2,1-2H3,(H2,22,23,24);1H. The van der Waals surface area contributed by atoms with Gasteiger partial charge in [0.2, 0.25) is 0 Å². The maximum atomic E-state index is 13.3. The summed E-state index contributed by atoms with van der Waals surface area (Å²) in [6.07, 6.45) is 2.00. The van der Waals surface area contributed by atoms with Gasteiger partial charge in [0.05, 0.1) is 13.2 Å². The van der Waals surface area contributed by atoms with E-state index in [2.05, 4.69) is 32.3 Å². The largest absolute Gasteiger partial charge is 0.379 e. The average molecular weight is 507 g/mol. The molecule has 6 nitrogen and oxygen atoms in total. The third kappa shape index (κ3) is 9.88. The van der Waals surface area contributed by atoms with Gasteiger partial charge in [0.15, 0.2) is 5.96 Å². The zero-order valence-electron chi connectivity index (χ0n) is 17.1. The number of hydrogen-bond acceptors (Lipinski definition) is 4. The molecule has 0 atom stereocenters. The fraction of sp³-hybridized carbons (Fsp3) is 0.650. The van der Waals surface area contributed by atoms with Crippen molar-refractivity contribution in [3.8, 4) is 0 Å². The van der Waals surface area contributed by atoms with Crippen LogP contribution in [0.3, 0.4) is 0 Å². The van der Waals surface area contributed by atoms with E-state index in [1.54, 1.807) is 12.1 Å². The van der Waals surface area contributed by atoms with Crippen molar-refractivity contribution >= 4 is 35.6 Å². The van der Waals surface area contributed by atoms with Crippen LogP contribution in [0.2, 0.25) is 0 Å². The Morgan fingerprint density at radius 2 is 2.04 bits per heavy atom. The Morgan fingerprint density at radius 1 is 1.25 bits per heavy atom. The lowest BCUT2D eigenvalue weighted by atomic mass is 10.2. The van der Waals surface area contributed by atoms with Crippen LogP contribution in [-0.4, -0.2) is 76.9 Å². The number of hydrogen-bond donors (Lipinski definition) is 2.